The molecule has 6 heteroatoms. The Morgan fingerprint density at radius 2 is 1.74 bits per heavy atom. The van der Waals surface area contributed by atoms with Crippen molar-refractivity contribution in [1.82, 2.24) is 19.8 Å². The summed E-state index contributed by atoms with van der Waals surface area (Å²) in [5, 5.41) is 13.7. The van der Waals surface area contributed by atoms with Gasteiger partial charge in [-0.25, -0.2) is 4.98 Å². The highest BCUT2D eigenvalue weighted by Gasteiger charge is 2.22. The van der Waals surface area contributed by atoms with Gasteiger partial charge >= 0.3 is 0 Å². The highest BCUT2D eigenvalue weighted by atomic mass is 35.5. The van der Waals surface area contributed by atoms with Crippen LogP contribution in [0.2, 0.25) is 5.02 Å². The zero-order valence-corrected chi connectivity index (χ0v) is 20.3. The molecule has 0 bridgehead atoms. The van der Waals surface area contributed by atoms with E-state index in [2.05, 4.69) is 62.2 Å². The molecular weight excluding hydrogens is 454 g/mol. The van der Waals surface area contributed by atoms with E-state index in [0.29, 0.717) is 11.6 Å². The van der Waals surface area contributed by atoms with Crippen LogP contribution in [-0.4, -0.2) is 27.0 Å². The number of hydrogen-bond donors (Lipinski definition) is 1. The van der Waals surface area contributed by atoms with Crippen LogP contribution < -0.4 is 5.32 Å². The number of imidazole rings is 1. The first-order valence-electron chi connectivity index (χ1n) is 11.9. The SMILES string of the molecule is N#Cc1ccc(Cn2cncc2CN[C@H]2Cc3ccccc3CN(Cc3ccccc3Cl)C2)cc1. The lowest BCUT2D eigenvalue weighted by atomic mass is 10.0. The van der Waals surface area contributed by atoms with E-state index < -0.39 is 0 Å². The Morgan fingerprint density at radius 1 is 0.971 bits per heavy atom. The average molecular weight is 482 g/mol. The van der Waals surface area contributed by atoms with Gasteiger partial charge < -0.3 is 9.88 Å². The second kappa shape index (κ2) is 10.9. The van der Waals surface area contributed by atoms with Gasteiger partial charge in [-0.1, -0.05) is 66.2 Å². The minimum absolute atomic E-state index is 0.305. The number of benzene rings is 3. The number of nitrogens with one attached hydrogen (secondary N) is 1. The van der Waals surface area contributed by atoms with E-state index in [9.17, 15) is 0 Å². The Kier molecular flexibility index (Phi) is 7.25. The third-order valence-corrected chi connectivity index (χ3v) is 6.98. The molecule has 1 aromatic heterocycles. The molecule has 1 atom stereocenters. The molecule has 0 saturated carbocycles. The van der Waals surface area contributed by atoms with E-state index in [0.717, 1.165) is 61.0 Å². The number of nitriles is 1. The second-order valence-electron chi connectivity index (χ2n) is 9.13. The summed E-state index contributed by atoms with van der Waals surface area (Å²) in [5.74, 6) is 0. The predicted octanol–water partition coefficient (Wildman–Crippen LogP) is 5.17. The van der Waals surface area contributed by atoms with Crippen LogP contribution in [0.5, 0.6) is 0 Å². The van der Waals surface area contributed by atoms with Gasteiger partial charge in [-0.2, -0.15) is 5.26 Å². The van der Waals surface area contributed by atoms with Crippen LogP contribution in [0.25, 0.3) is 0 Å². The highest BCUT2D eigenvalue weighted by Crippen LogP contribution is 2.23. The van der Waals surface area contributed by atoms with Gasteiger partial charge in [0.15, 0.2) is 0 Å². The minimum atomic E-state index is 0.305. The van der Waals surface area contributed by atoms with Crippen molar-refractivity contribution in [3.05, 3.63) is 124 Å². The summed E-state index contributed by atoms with van der Waals surface area (Å²) in [6.45, 7) is 4.14. The first kappa shape index (κ1) is 23.3. The fraction of sp³-hybridized carbons (Fsp3) is 0.241. The fourth-order valence-corrected chi connectivity index (χ4v) is 4.95. The van der Waals surface area contributed by atoms with Crippen molar-refractivity contribution in [2.45, 2.75) is 38.6 Å². The van der Waals surface area contributed by atoms with Crippen LogP contribution in [0.15, 0.2) is 85.3 Å². The van der Waals surface area contributed by atoms with Gasteiger partial charge in [-0.15, -0.1) is 0 Å². The molecule has 35 heavy (non-hydrogen) atoms. The first-order chi connectivity index (χ1) is 17.2. The van der Waals surface area contributed by atoms with Crippen LogP contribution in [0.3, 0.4) is 0 Å². The summed E-state index contributed by atoms with van der Waals surface area (Å²) < 4.78 is 2.17. The van der Waals surface area contributed by atoms with Crippen molar-refractivity contribution >= 4 is 11.6 Å². The smallest absolute Gasteiger partial charge is 0.0991 e. The molecule has 4 aromatic rings. The van der Waals surface area contributed by atoms with Crippen molar-refractivity contribution in [2.75, 3.05) is 6.54 Å². The largest absolute Gasteiger partial charge is 0.329 e. The van der Waals surface area contributed by atoms with E-state index >= 15 is 0 Å². The van der Waals surface area contributed by atoms with Crippen LogP contribution in [0.1, 0.15) is 33.5 Å². The Morgan fingerprint density at radius 3 is 2.54 bits per heavy atom. The summed E-state index contributed by atoms with van der Waals surface area (Å²) in [6, 6.07) is 27.1. The van der Waals surface area contributed by atoms with Gasteiger partial charge in [-0.3, -0.25) is 4.90 Å². The standard InChI is InChI=1S/C29H28ClN5/c30-29-8-4-3-7-26(29)19-34-18-25-6-2-1-5-24(25)13-27(20-34)33-16-28-15-32-21-35(28)17-23-11-9-22(14-31)10-12-23/h1-12,15,21,27,33H,13,16-20H2/t27-/m0/s1. The minimum Gasteiger partial charge on any atom is -0.329 e. The third-order valence-electron chi connectivity index (χ3n) is 6.62. The molecule has 2 heterocycles. The number of rotatable bonds is 7. The van der Waals surface area contributed by atoms with Gasteiger partial charge in [-0.05, 0) is 46.9 Å². The molecule has 0 aliphatic carbocycles. The molecule has 0 saturated heterocycles. The molecule has 0 radical (unpaired) electrons. The van der Waals surface area contributed by atoms with Gasteiger partial charge in [0.1, 0.15) is 0 Å². The summed E-state index contributed by atoms with van der Waals surface area (Å²) in [5.41, 5.74) is 6.92. The zero-order chi connectivity index (χ0) is 24.0. The van der Waals surface area contributed by atoms with E-state index in [-0.39, 0.29) is 0 Å². The lowest BCUT2D eigenvalue weighted by Crippen LogP contribution is -2.40. The number of fused-ring (bicyclic) bond motifs is 1. The lowest BCUT2D eigenvalue weighted by molar-refractivity contribution is 0.232. The molecule has 0 fully saturated rings. The van der Waals surface area contributed by atoms with Gasteiger partial charge in [0.2, 0.25) is 0 Å². The molecular formula is C29H28ClN5. The average Bonchev–Trinajstić information content (AvgIpc) is 3.23. The monoisotopic (exact) mass is 481 g/mol. The predicted molar refractivity (Wildman–Crippen MR) is 139 cm³/mol. The maximum absolute atomic E-state index is 9.04. The summed E-state index contributed by atoms with van der Waals surface area (Å²) in [4.78, 5) is 6.88. The maximum atomic E-state index is 9.04. The van der Waals surface area contributed by atoms with Crippen molar-refractivity contribution in [3.8, 4) is 6.07 Å². The lowest BCUT2D eigenvalue weighted by Gasteiger charge is -2.26. The summed E-state index contributed by atoms with van der Waals surface area (Å²) in [7, 11) is 0. The van der Waals surface area contributed by atoms with Gasteiger partial charge in [0, 0.05) is 50.0 Å². The van der Waals surface area contributed by atoms with E-state index in [1.807, 2.05) is 48.9 Å². The third kappa shape index (κ3) is 5.80. The van der Waals surface area contributed by atoms with Crippen molar-refractivity contribution < 1.29 is 0 Å². The van der Waals surface area contributed by atoms with Gasteiger partial charge in [0.25, 0.3) is 0 Å². The van der Waals surface area contributed by atoms with Crippen LogP contribution in [-0.2, 0) is 32.6 Å². The molecule has 0 amide bonds. The van der Waals surface area contributed by atoms with Crippen molar-refractivity contribution in [3.63, 3.8) is 0 Å². The summed E-state index contributed by atoms with van der Waals surface area (Å²) in [6.07, 6.45) is 4.79. The van der Waals surface area contributed by atoms with Crippen molar-refractivity contribution in [2.24, 2.45) is 0 Å². The van der Waals surface area contributed by atoms with E-state index in [4.69, 9.17) is 16.9 Å². The fourth-order valence-electron chi connectivity index (χ4n) is 4.75. The molecule has 1 aliphatic heterocycles. The Labute approximate surface area is 211 Å². The second-order valence-corrected chi connectivity index (χ2v) is 9.54. The summed E-state index contributed by atoms with van der Waals surface area (Å²) >= 11 is 6.48. The van der Waals surface area contributed by atoms with Crippen LogP contribution in [0, 0.1) is 11.3 Å². The number of aromatic nitrogens is 2. The molecule has 176 valence electrons. The quantitative estimate of drug-likeness (QED) is 0.395. The molecule has 5 rings (SSSR count). The highest BCUT2D eigenvalue weighted by molar-refractivity contribution is 6.31. The number of nitrogens with zero attached hydrogens (tertiary/aromatic N) is 4. The van der Waals surface area contributed by atoms with E-state index in [1.165, 1.54) is 11.1 Å². The normalized spacial score (nSPS) is 15.8. The molecule has 1 aliphatic rings. The Balaban J connectivity index is 1.29. The topological polar surface area (TPSA) is 56.9 Å². The zero-order valence-electron chi connectivity index (χ0n) is 19.6. The first-order valence-corrected chi connectivity index (χ1v) is 12.3. The van der Waals surface area contributed by atoms with Crippen LogP contribution in [0.4, 0.5) is 0 Å². The molecule has 1 N–H and O–H groups in total. The Bertz CT molecular complexity index is 1320. The molecule has 3 aromatic carbocycles. The Hall–Kier alpha value is -3.43. The maximum Gasteiger partial charge on any atom is 0.0991 e. The molecule has 0 spiro atoms. The van der Waals surface area contributed by atoms with Crippen LogP contribution >= 0.6 is 11.6 Å². The molecule has 0 unspecified atom stereocenters. The number of hydrogen-bond acceptors (Lipinski definition) is 4. The van der Waals surface area contributed by atoms with Crippen molar-refractivity contribution in [1.29, 1.82) is 5.26 Å². The number of halogens is 1. The van der Waals surface area contributed by atoms with E-state index in [1.54, 1.807) is 0 Å². The molecule has 5 nitrogen and oxygen atoms in total. The van der Waals surface area contributed by atoms with Gasteiger partial charge in [0.05, 0.1) is 23.7 Å².